The van der Waals surface area contributed by atoms with Crippen molar-refractivity contribution in [3.63, 3.8) is 0 Å². The number of anilines is 1. The summed E-state index contributed by atoms with van der Waals surface area (Å²) in [6, 6.07) is 16.7. The molecule has 144 valence electrons. The van der Waals surface area contributed by atoms with Crippen molar-refractivity contribution in [3.05, 3.63) is 95.3 Å². The van der Waals surface area contributed by atoms with Gasteiger partial charge in [0.15, 0.2) is 0 Å². The smallest absolute Gasteiger partial charge is 0.261 e. The third kappa shape index (κ3) is 4.18. The van der Waals surface area contributed by atoms with Gasteiger partial charge in [-0.25, -0.2) is 12.8 Å². The predicted octanol–water partition coefficient (Wildman–Crippen LogP) is 5.35. The van der Waals surface area contributed by atoms with Crippen LogP contribution in [-0.4, -0.2) is 15.5 Å². The van der Waals surface area contributed by atoms with Crippen LogP contribution in [0.15, 0.2) is 78.2 Å². The van der Waals surface area contributed by atoms with Crippen LogP contribution in [0.2, 0.25) is 5.02 Å². The van der Waals surface area contributed by atoms with Crippen LogP contribution >= 0.6 is 11.6 Å². The third-order valence-corrected chi connectivity index (χ3v) is 5.74. The molecule has 7 heteroatoms. The summed E-state index contributed by atoms with van der Waals surface area (Å²) in [5, 5.41) is 0.375. The van der Waals surface area contributed by atoms with E-state index in [0.29, 0.717) is 21.9 Å². The minimum Gasteiger partial charge on any atom is -0.497 e. The third-order valence-electron chi connectivity index (χ3n) is 4.12. The number of nitrogens with one attached hydrogen (secondary N) is 1. The van der Waals surface area contributed by atoms with Crippen molar-refractivity contribution in [2.75, 3.05) is 11.8 Å². The molecule has 1 N–H and O–H groups in total. The number of hydrogen-bond acceptors (Lipinski definition) is 3. The molecule has 0 aliphatic heterocycles. The molecule has 4 nitrogen and oxygen atoms in total. The van der Waals surface area contributed by atoms with Gasteiger partial charge in [0.25, 0.3) is 10.0 Å². The second kappa shape index (κ2) is 8.04. The van der Waals surface area contributed by atoms with E-state index < -0.39 is 15.8 Å². The lowest BCUT2D eigenvalue weighted by molar-refractivity contribution is 0.414. The number of methoxy groups -OCH3 is 1. The van der Waals surface area contributed by atoms with Crippen LogP contribution in [0.25, 0.3) is 5.57 Å². The Labute approximate surface area is 168 Å². The molecule has 0 radical (unpaired) electrons. The van der Waals surface area contributed by atoms with Crippen LogP contribution in [0, 0.1) is 5.82 Å². The van der Waals surface area contributed by atoms with Crippen molar-refractivity contribution in [2.24, 2.45) is 0 Å². The van der Waals surface area contributed by atoms with E-state index in [2.05, 4.69) is 11.3 Å². The zero-order valence-electron chi connectivity index (χ0n) is 14.9. The van der Waals surface area contributed by atoms with Crippen molar-refractivity contribution in [1.29, 1.82) is 0 Å². The van der Waals surface area contributed by atoms with E-state index >= 15 is 0 Å². The highest BCUT2D eigenvalue weighted by Crippen LogP contribution is 2.33. The summed E-state index contributed by atoms with van der Waals surface area (Å²) in [6.45, 7) is 3.93. The van der Waals surface area contributed by atoms with Gasteiger partial charge in [0.05, 0.1) is 17.7 Å². The van der Waals surface area contributed by atoms with Gasteiger partial charge in [0.2, 0.25) is 0 Å². The first-order valence-electron chi connectivity index (χ1n) is 8.22. The first-order chi connectivity index (χ1) is 13.3. The van der Waals surface area contributed by atoms with Gasteiger partial charge in [-0.1, -0.05) is 36.4 Å². The molecule has 0 fully saturated rings. The largest absolute Gasteiger partial charge is 0.497 e. The van der Waals surface area contributed by atoms with Crippen molar-refractivity contribution in [1.82, 2.24) is 0 Å². The maximum atomic E-state index is 14.2. The van der Waals surface area contributed by atoms with Crippen LogP contribution in [0.5, 0.6) is 5.75 Å². The Bertz CT molecular complexity index is 1130. The monoisotopic (exact) mass is 417 g/mol. The zero-order valence-corrected chi connectivity index (χ0v) is 16.5. The molecule has 0 heterocycles. The first-order valence-corrected chi connectivity index (χ1v) is 10.1. The van der Waals surface area contributed by atoms with Gasteiger partial charge in [-0.05, 0) is 54.1 Å². The molecule has 3 aromatic rings. The molecule has 0 saturated carbocycles. The lowest BCUT2D eigenvalue weighted by Crippen LogP contribution is -2.14. The van der Waals surface area contributed by atoms with Gasteiger partial charge in [-0.3, -0.25) is 4.72 Å². The van der Waals surface area contributed by atoms with E-state index in [1.165, 1.54) is 31.4 Å². The van der Waals surface area contributed by atoms with Crippen LogP contribution in [0.1, 0.15) is 11.1 Å². The van der Waals surface area contributed by atoms with Crippen LogP contribution in [-0.2, 0) is 10.0 Å². The molecule has 28 heavy (non-hydrogen) atoms. The molecule has 0 aliphatic rings. The number of benzene rings is 3. The standard InChI is InChI=1S/C21H17ClFNO3S/c1-14(18-5-3-4-6-20(18)23)19-13-15(22)7-12-21(19)24-28(25,26)17-10-8-16(27-2)9-11-17/h3-13,24H,1H2,2H3. The fourth-order valence-corrected chi connectivity index (χ4v) is 3.92. The first kappa shape index (κ1) is 19.9. The SMILES string of the molecule is C=C(c1ccccc1F)c1cc(Cl)ccc1NS(=O)(=O)c1ccc(OC)cc1. The van der Waals surface area contributed by atoms with Gasteiger partial charge in [0, 0.05) is 16.1 Å². The van der Waals surface area contributed by atoms with Crippen LogP contribution < -0.4 is 9.46 Å². The quantitative estimate of drug-likeness (QED) is 0.588. The molecular weight excluding hydrogens is 401 g/mol. The lowest BCUT2D eigenvalue weighted by Gasteiger charge is -2.16. The van der Waals surface area contributed by atoms with E-state index in [1.54, 1.807) is 42.5 Å². The van der Waals surface area contributed by atoms with Gasteiger partial charge in [-0.15, -0.1) is 0 Å². The van der Waals surface area contributed by atoms with E-state index in [9.17, 15) is 12.8 Å². The van der Waals surface area contributed by atoms with E-state index in [1.807, 2.05) is 0 Å². The minimum atomic E-state index is -3.88. The van der Waals surface area contributed by atoms with E-state index in [0.717, 1.165) is 0 Å². The van der Waals surface area contributed by atoms with Crippen molar-refractivity contribution >= 4 is 32.9 Å². The maximum absolute atomic E-state index is 14.2. The van der Waals surface area contributed by atoms with Crippen LogP contribution in [0.4, 0.5) is 10.1 Å². The molecule has 0 bridgehead atoms. The average Bonchev–Trinajstić information content (AvgIpc) is 2.69. The average molecular weight is 418 g/mol. The van der Waals surface area contributed by atoms with Gasteiger partial charge in [0.1, 0.15) is 11.6 Å². The maximum Gasteiger partial charge on any atom is 0.261 e. The van der Waals surface area contributed by atoms with Crippen LogP contribution in [0.3, 0.4) is 0 Å². The fraction of sp³-hybridized carbons (Fsp3) is 0.0476. The zero-order chi connectivity index (χ0) is 20.3. The molecular formula is C21H17ClFNO3S. The molecule has 0 spiro atoms. The number of ether oxygens (including phenoxy) is 1. The minimum absolute atomic E-state index is 0.0608. The summed E-state index contributed by atoms with van der Waals surface area (Å²) in [5.41, 5.74) is 1.20. The molecule has 0 aliphatic carbocycles. The van der Waals surface area contributed by atoms with Crippen molar-refractivity contribution in [2.45, 2.75) is 4.90 Å². The van der Waals surface area contributed by atoms with Crippen molar-refractivity contribution in [3.8, 4) is 5.75 Å². The highest BCUT2D eigenvalue weighted by Gasteiger charge is 2.19. The Kier molecular flexibility index (Phi) is 5.72. The summed E-state index contributed by atoms with van der Waals surface area (Å²) >= 11 is 6.08. The number of halogens is 2. The summed E-state index contributed by atoms with van der Waals surface area (Å²) < 4.78 is 47.3. The Morgan fingerprint density at radius 1 is 1.04 bits per heavy atom. The molecule has 0 saturated heterocycles. The fourth-order valence-electron chi connectivity index (χ4n) is 2.66. The van der Waals surface area contributed by atoms with Gasteiger partial charge in [-0.2, -0.15) is 0 Å². The number of sulfonamides is 1. The Morgan fingerprint density at radius 3 is 2.36 bits per heavy atom. The molecule has 0 amide bonds. The topological polar surface area (TPSA) is 55.4 Å². The van der Waals surface area contributed by atoms with E-state index in [4.69, 9.17) is 16.3 Å². The van der Waals surface area contributed by atoms with Crippen molar-refractivity contribution < 1.29 is 17.5 Å². The Balaban J connectivity index is 2.01. The highest BCUT2D eigenvalue weighted by atomic mass is 35.5. The second-order valence-electron chi connectivity index (χ2n) is 5.93. The molecule has 3 aromatic carbocycles. The van der Waals surface area contributed by atoms with Gasteiger partial charge >= 0.3 is 0 Å². The highest BCUT2D eigenvalue weighted by molar-refractivity contribution is 7.92. The molecule has 3 rings (SSSR count). The normalized spacial score (nSPS) is 11.1. The predicted molar refractivity (Wildman–Crippen MR) is 110 cm³/mol. The molecule has 0 atom stereocenters. The summed E-state index contributed by atoms with van der Waals surface area (Å²) in [4.78, 5) is 0.0608. The van der Waals surface area contributed by atoms with Gasteiger partial charge < -0.3 is 4.74 Å². The second-order valence-corrected chi connectivity index (χ2v) is 8.05. The number of rotatable bonds is 6. The Morgan fingerprint density at radius 2 is 1.71 bits per heavy atom. The number of hydrogen-bond donors (Lipinski definition) is 1. The molecule has 0 unspecified atom stereocenters. The summed E-state index contributed by atoms with van der Waals surface area (Å²) in [5.74, 6) is 0.0792. The summed E-state index contributed by atoms with van der Waals surface area (Å²) in [7, 11) is -2.39. The lowest BCUT2D eigenvalue weighted by atomic mass is 9.98. The van der Waals surface area contributed by atoms with E-state index in [-0.39, 0.29) is 16.1 Å². The Hall–Kier alpha value is -2.83. The molecule has 0 aromatic heterocycles. The summed E-state index contributed by atoms with van der Waals surface area (Å²) in [6.07, 6.45) is 0.